The molecule has 8 heteroatoms. The van der Waals surface area contributed by atoms with Gasteiger partial charge in [0.2, 0.25) is 5.72 Å². The zero-order valence-electron chi connectivity index (χ0n) is 11.3. The fraction of sp³-hybridized carbons (Fsp3) is 0.385. The van der Waals surface area contributed by atoms with E-state index in [0.717, 1.165) is 0 Å². The van der Waals surface area contributed by atoms with Gasteiger partial charge in [0.15, 0.2) is 0 Å². The predicted octanol–water partition coefficient (Wildman–Crippen LogP) is 2.52. The second-order valence-corrected chi connectivity index (χ2v) is 5.09. The number of benzene rings is 1. The Morgan fingerprint density at radius 1 is 1.57 bits per heavy atom. The molecule has 2 rings (SSSR count). The fourth-order valence-corrected chi connectivity index (χ4v) is 2.27. The third-order valence-corrected chi connectivity index (χ3v) is 3.32. The first-order chi connectivity index (χ1) is 9.79. The molecule has 1 aromatic rings. The van der Waals surface area contributed by atoms with Crippen molar-refractivity contribution in [1.29, 1.82) is 0 Å². The van der Waals surface area contributed by atoms with E-state index in [1.807, 2.05) is 0 Å². The van der Waals surface area contributed by atoms with Crippen LogP contribution in [-0.2, 0) is 0 Å². The minimum Gasteiger partial charge on any atom is -0.496 e. The van der Waals surface area contributed by atoms with Gasteiger partial charge in [-0.3, -0.25) is 4.79 Å². The van der Waals surface area contributed by atoms with Crippen molar-refractivity contribution >= 4 is 23.2 Å². The first-order valence-corrected chi connectivity index (χ1v) is 6.40. The van der Waals surface area contributed by atoms with Crippen molar-refractivity contribution in [2.75, 3.05) is 7.11 Å². The molecule has 21 heavy (non-hydrogen) atoms. The summed E-state index contributed by atoms with van der Waals surface area (Å²) < 4.78 is 31.2. The summed E-state index contributed by atoms with van der Waals surface area (Å²) in [6, 6.07) is 4.20. The molecule has 0 radical (unpaired) electrons. The summed E-state index contributed by atoms with van der Waals surface area (Å²) in [6.07, 6.45) is -3.58. The van der Waals surface area contributed by atoms with Gasteiger partial charge in [-0.15, -0.1) is 0 Å². The van der Waals surface area contributed by atoms with Crippen LogP contribution in [0.2, 0.25) is 5.02 Å². The molecule has 1 aliphatic heterocycles. The summed E-state index contributed by atoms with van der Waals surface area (Å²) in [7, 11) is 1.33. The largest absolute Gasteiger partial charge is 0.496 e. The van der Waals surface area contributed by atoms with Crippen LogP contribution in [0.5, 0.6) is 5.75 Å². The Bertz CT molecular complexity index is 609. The molecule has 1 amide bonds. The van der Waals surface area contributed by atoms with Crippen molar-refractivity contribution in [3.05, 3.63) is 28.8 Å². The van der Waals surface area contributed by atoms with E-state index in [2.05, 4.69) is 5.10 Å². The molecule has 1 aliphatic rings. The van der Waals surface area contributed by atoms with E-state index < -0.39 is 24.5 Å². The third-order valence-electron chi connectivity index (χ3n) is 3.09. The summed E-state index contributed by atoms with van der Waals surface area (Å²) in [6.45, 7) is 1.45. The summed E-state index contributed by atoms with van der Waals surface area (Å²) >= 11 is 5.81. The van der Waals surface area contributed by atoms with Gasteiger partial charge in [0.05, 0.1) is 12.7 Å². The lowest BCUT2D eigenvalue weighted by Crippen LogP contribution is -2.51. The topological polar surface area (TPSA) is 62.1 Å². The van der Waals surface area contributed by atoms with Gasteiger partial charge < -0.3 is 9.84 Å². The van der Waals surface area contributed by atoms with Crippen molar-refractivity contribution in [2.24, 2.45) is 5.10 Å². The number of nitrogens with zero attached hydrogens (tertiary/aromatic N) is 2. The summed E-state index contributed by atoms with van der Waals surface area (Å²) in [5.74, 6) is -0.755. The van der Waals surface area contributed by atoms with Gasteiger partial charge in [0.1, 0.15) is 5.75 Å². The van der Waals surface area contributed by atoms with E-state index in [0.29, 0.717) is 5.01 Å². The van der Waals surface area contributed by atoms with Crippen molar-refractivity contribution in [3.63, 3.8) is 0 Å². The van der Waals surface area contributed by atoms with E-state index in [4.69, 9.17) is 16.3 Å². The number of carbonyl (C=O) groups is 1. The Morgan fingerprint density at radius 3 is 2.81 bits per heavy atom. The van der Waals surface area contributed by atoms with Gasteiger partial charge in [-0.05, 0) is 25.1 Å². The third kappa shape index (κ3) is 2.71. The minimum atomic E-state index is -3.16. The van der Waals surface area contributed by atoms with Crippen molar-refractivity contribution in [2.45, 2.75) is 25.5 Å². The zero-order valence-corrected chi connectivity index (χ0v) is 12.1. The Balaban J connectivity index is 2.46. The van der Waals surface area contributed by atoms with Crippen molar-refractivity contribution in [1.82, 2.24) is 5.01 Å². The van der Waals surface area contributed by atoms with Crippen LogP contribution in [0.4, 0.5) is 8.78 Å². The highest BCUT2D eigenvalue weighted by Gasteiger charge is 2.51. The van der Waals surface area contributed by atoms with Gasteiger partial charge in [0.25, 0.3) is 12.3 Å². The van der Waals surface area contributed by atoms with Gasteiger partial charge in [-0.2, -0.15) is 10.1 Å². The van der Waals surface area contributed by atoms with Gasteiger partial charge in [-0.1, -0.05) is 11.6 Å². The second kappa shape index (κ2) is 5.57. The normalized spacial score (nSPS) is 21.7. The second-order valence-electron chi connectivity index (χ2n) is 4.65. The summed E-state index contributed by atoms with van der Waals surface area (Å²) in [5, 5.41) is 14.4. The molecule has 0 saturated carbocycles. The lowest BCUT2D eigenvalue weighted by Gasteiger charge is -2.30. The maximum absolute atomic E-state index is 13.1. The molecule has 1 N–H and O–H groups in total. The predicted molar refractivity (Wildman–Crippen MR) is 72.9 cm³/mol. The van der Waals surface area contributed by atoms with Gasteiger partial charge in [0, 0.05) is 17.2 Å². The highest BCUT2D eigenvalue weighted by atomic mass is 35.5. The van der Waals surface area contributed by atoms with E-state index in [-0.39, 0.29) is 22.0 Å². The molecule has 0 aromatic heterocycles. The molecule has 114 valence electrons. The molecule has 0 aliphatic carbocycles. The Kier molecular flexibility index (Phi) is 4.15. The number of aliphatic hydroxyl groups is 1. The molecule has 1 atom stereocenters. The lowest BCUT2D eigenvalue weighted by molar-refractivity contribution is -0.164. The van der Waals surface area contributed by atoms with Crippen LogP contribution in [-0.4, -0.2) is 41.0 Å². The first kappa shape index (κ1) is 15.7. The van der Waals surface area contributed by atoms with E-state index in [1.165, 1.54) is 32.2 Å². The van der Waals surface area contributed by atoms with Crippen LogP contribution >= 0.6 is 11.6 Å². The maximum Gasteiger partial charge on any atom is 0.287 e. The number of methoxy groups -OCH3 is 1. The smallest absolute Gasteiger partial charge is 0.287 e. The van der Waals surface area contributed by atoms with Crippen LogP contribution in [0.25, 0.3) is 0 Å². The van der Waals surface area contributed by atoms with E-state index in [1.54, 1.807) is 0 Å². The molecular formula is C13H13ClF2N2O3. The number of carbonyl (C=O) groups excluding carboxylic acids is 1. The number of amides is 1. The fourth-order valence-electron chi connectivity index (χ4n) is 2.10. The molecule has 0 fully saturated rings. The molecule has 0 unspecified atom stereocenters. The van der Waals surface area contributed by atoms with Crippen LogP contribution in [0.15, 0.2) is 23.3 Å². The number of rotatable bonds is 3. The zero-order chi connectivity index (χ0) is 15.8. The van der Waals surface area contributed by atoms with E-state index in [9.17, 15) is 18.7 Å². The molecule has 0 spiro atoms. The summed E-state index contributed by atoms with van der Waals surface area (Å²) in [5.41, 5.74) is -2.48. The monoisotopic (exact) mass is 318 g/mol. The maximum atomic E-state index is 13.1. The average Bonchev–Trinajstić information content (AvgIpc) is 2.74. The number of ether oxygens (including phenoxy) is 1. The number of alkyl halides is 2. The Hall–Kier alpha value is -1.73. The highest BCUT2D eigenvalue weighted by Crippen LogP contribution is 2.34. The molecule has 1 aromatic carbocycles. The van der Waals surface area contributed by atoms with Crippen LogP contribution in [0.3, 0.4) is 0 Å². The lowest BCUT2D eigenvalue weighted by atomic mass is 10.1. The molecule has 0 saturated heterocycles. The summed E-state index contributed by atoms with van der Waals surface area (Å²) in [4.78, 5) is 12.4. The first-order valence-electron chi connectivity index (χ1n) is 6.02. The average molecular weight is 319 g/mol. The molecule has 5 nitrogen and oxygen atoms in total. The van der Waals surface area contributed by atoms with Gasteiger partial charge in [-0.25, -0.2) is 8.78 Å². The van der Waals surface area contributed by atoms with E-state index >= 15 is 0 Å². The number of halogens is 3. The number of hydrogen-bond acceptors (Lipinski definition) is 4. The quantitative estimate of drug-likeness (QED) is 0.931. The SMILES string of the molecule is COc1ccc(Cl)cc1C(=O)N1N=C(C)C[C@@]1(O)C(F)F. The number of hydrogen-bond donors (Lipinski definition) is 1. The number of hydrazone groups is 1. The van der Waals surface area contributed by atoms with Crippen LogP contribution in [0, 0.1) is 0 Å². The Labute approximate surface area is 124 Å². The Morgan fingerprint density at radius 2 is 2.24 bits per heavy atom. The highest BCUT2D eigenvalue weighted by molar-refractivity contribution is 6.31. The molecular weight excluding hydrogens is 306 g/mol. The van der Waals surface area contributed by atoms with Crippen LogP contribution in [0.1, 0.15) is 23.7 Å². The van der Waals surface area contributed by atoms with Crippen molar-refractivity contribution < 1.29 is 23.4 Å². The van der Waals surface area contributed by atoms with Gasteiger partial charge >= 0.3 is 0 Å². The molecule has 1 heterocycles. The standard InChI is InChI=1S/C13H13ClF2N2O3/c1-7-6-13(20,12(15)16)18(17-7)11(19)9-5-8(14)3-4-10(9)21-2/h3-5,12,20H,6H2,1-2H3/t13-/m1/s1. The van der Waals surface area contributed by atoms with Crippen LogP contribution < -0.4 is 4.74 Å². The van der Waals surface area contributed by atoms with Crippen molar-refractivity contribution in [3.8, 4) is 5.75 Å². The molecule has 0 bridgehead atoms. The minimum absolute atomic E-state index is 0.0532.